The minimum absolute atomic E-state index is 0.277. The smallest absolute Gasteiger partial charge is 0.170 e. The second kappa shape index (κ2) is 4.50. The second-order valence-electron chi connectivity index (χ2n) is 5.83. The zero-order valence-corrected chi connectivity index (χ0v) is 10.7. The predicted octanol–water partition coefficient (Wildman–Crippen LogP) is 1.09. The highest BCUT2D eigenvalue weighted by molar-refractivity contribution is 4.97. The average molecular weight is 240 g/mol. The summed E-state index contributed by atoms with van der Waals surface area (Å²) in [4.78, 5) is 2.49. The third-order valence-electron chi connectivity index (χ3n) is 4.86. The molecule has 98 valence electrons. The third kappa shape index (κ3) is 2.12. The van der Waals surface area contributed by atoms with Gasteiger partial charge in [-0.05, 0) is 26.3 Å². The molecule has 1 spiro atoms. The van der Waals surface area contributed by atoms with Gasteiger partial charge in [0.05, 0.1) is 13.2 Å². The number of likely N-dealkylation sites (N-methyl/N-ethyl adjacent to an activating group) is 1. The van der Waals surface area contributed by atoms with E-state index in [1.165, 1.54) is 19.3 Å². The monoisotopic (exact) mass is 240 g/mol. The summed E-state index contributed by atoms with van der Waals surface area (Å²) in [6, 6.07) is 1.44. The zero-order chi connectivity index (χ0) is 11.9. The molecule has 0 amide bonds. The quantitative estimate of drug-likeness (QED) is 0.785. The number of hydrogen-bond acceptors (Lipinski definition) is 4. The standard InChI is InChI=1S/C13H24N2O2/c1-15(10-3-2-4-10)12-9-13(6-5-11(12)14)16-7-8-17-13/h10-12H,2-9,14H2,1H3. The maximum Gasteiger partial charge on any atom is 0.170 e. The Hall–Kier alpha value is -0.160. The van der Waals surface area contributed by atoms with E-state index in [1.54, 1.807) is 0 Å². The molecule has 0 bridgehead atoms. The van der Waals surface area contributed by atoms with Gasteiger partial charge in [0.15, 0.2) is 5.79 Å². The van der Waals surface area contributed by atoms with Gasteiger partial charge in [-0.1, -0.05) is 6.42 Å². The molecule has 3 aliphatic rings. The van der Waals surface area contributed by atoms with E-state index in [-0.39, 0.29) is 11.8 Å². The summed E-state index contributed by atoms with van der Waals surface area (Å²) in [7, 11) is 2.22. The van der Waals surface area contributed by atoms with Gasteiger partial charge in [0.2, 0.25) is 0 Å². The fourth-order valence-electron chi connectivity index (χ4n) is 3.42. The van der Waals surface area contributed by atoms with Crippen molar-refractivity contribution in [3.8, 4) is 0 Å². The second-order valence-corrected chi connectivity index (χ2v) is 5.83. The topological polar surface area (TPSA) is 47.7 Å². The van der Waals surface area contributed by atoms with E-state index in [1.807, 2.05) is 0 Å². The Morgan fingerprint density at radius 2 is 1.88 bits per heavy atom. The molecule has 4 heteroatoms. The van der Waals surface area contributed by atoms with Crippen molar-refractivity contribution in [1.29, 1.82) is 0 Å². The van der Waals surface area contributed by atoms with Crippen LogP contribution in [-0.4, -0.2) is 49.1 Å². The van der Waals surface area contributed by atoms with Gasteiger partial charge in [-0.2, -0.15) is 0 Å². The van der Waals surface area contributed by atoms with E-state index < -0.39 is 0 Å². The molecule has 1 saturated heterocycles. The highest BCUT2D eigenvalue weighted by Crippen LogP contribution is 2.39. The van der Waals surface area contributed by atoms with E-state index in [9.17, 15) is 0 Å². The summed E-state index contributed by atoms with van der Waals surface area (Å²) in [5.41, 5.74) is 6.29. The van der Waals surface area contributed by atoms with Crippen LogP contribution in [0.4, 0.5) is 0 Å². The molecular weight excluding hydrogens is 216 g/mol. The summed E-state index contributed by atoms with van der Waals surface area (Å²) >= 11 is 0. The van der Waals surface area contributed by atoms with Crippen molar-refractivity contribution in [2.75, 3.05) is 20.3 Å². The van der Waals surface area contributed by atoms with Crippen LogP contribution in [0.1, 0.15) is 38.5 Å². The van der Waals surface area contributed by atoms with Crippen molar-refractivity contribution in [2.45, 2.75) is 62.4 Å². The van der Waals surface area contributed by atoms with Crippen LogP contribution < -0.4 is 5.73 Å². The van der Waals surface area contributed by atoms with E-state index in [0.717, 1.165) is 38.5 Å². The van der Waals surface area contributed by atoms with Crippen molar-refractivity contribution in [3.05, 3.63) is 0 Å². The molecule has 3 fully saturated rings. The molecule has 17 heavy (non-hydrogen) atoms. The maximum absolute atomic E-state index is 6.29. The van der Waals surface area contributed by atoms with Crippen LogP contribution in [0.25, 0.3) is 0 Å². The van der Waals surface area contributed by atoms with Crippen LogP contribution >= 0.6 is 0 Å². The van der Waals surface area contributed by atoms with Crippen LogP contribution in [-0.2, 0) is 9.47 Å². The lowest BCUT2D eigenvalue weighted by Crippen LogP contribution is -2.58. The van der Waals surface area contributed by atoms with Gasteiger partial charge in [-0.3, -0.25) is 4.90 Å². The largest absolute Gasteiger partial charge is 0.347 e. The van der Waals surface area contributed by atoms with Crippen molar-refractivity contribution in [2.24, 2.45) is 5.73 Å². The van der Waals surface area contributed by atoms with Crippen molar-refractivity contribution >= 4 is 0 Å². The van der Waals surface area contributed by atoms with Gasteiger partial charge < -0.3 is 15.2 Å². The molecule has 2 unspecified atom stereocenters. The fourth-order valence-corrected chi connectivity index (χ4v) is 3.42. The number of rotatable bonds is 2. The van der Waals surface area contributed by atoms with Crippen LogP contribution in [0, 0.1) is 0 Å². The Kier molecular flexibility index (Phi) is 3.15. The number of nitrogens with zero attached hydrogens (tertiary/aromatic N) is 1. The molecule has 0 aromatic heterocycles. The first-order valence-corrected chi connectivity index (χ1v) is 6.96. The van der Waals surface area contributed by atoms with E-state index in [4.69, 9.17) is 15.2 Å². The SMILES string of the molecule is CN(C1CCC1)C1CC2(CCC1N)OCCO2. The minimum Gasteiger partial charge on any atom is -0.347 e. The summed E-state index contributed by atoms with van der Waals surface area (Å²) in [6.45, 7) is 1.49. The fraction of sp³-hybridized carbons (Fsp3) is 1.00. The average Bonchev–Trinajstić information content (AvgIpc) is 2.68. The van der Waals surface area contributed by atoms with Gasteiger partial charge >= 0.3 is 0 Å². The normalized spacial score (nSPS) is 37.6. The van der Waals surface area contributed by atoms with Crippen molar-refractivity contribution in [1.82, 2.24) is 4.90 Å². The number of nitrogens with two attached hydrogens (primary N) is 1. The van der Waals surface area contributed by atoms with Gasteiger partial charge in [-0.25, -0.2) is 0 Å². The molecule has 1 heterocycles. The number of hydrogen-bond donors (Lipinski definition) is 1. The Morgan fingerprint density at radius 3 is 2.47 bits per heavy atom. The first-order valence-electron chi connectivity index (χ1n) is 6.96. The highest BCUT2D eigenvalue weighted by atomic mass is 16.7. The Balaban J connectivity index is 1.68. The Bertz CT molecular complexity index is 275. The first-order chi connectivity index (χ1) is 8.20. The summed E-state index contributed by atoms with van der Waals surface area (Å²) < 4.78 is 11.7. The van der Waals surface area contributed by atoms with Gasteiger partial charge in [-0.15, -0.1) is 0 Å². The first kappa shape index (κ1) is 11.9. The van der Waals surface area contributed by atoms with E-state index in [2.05, 4.69) is 11.9 Å². The van der Waals surface area contributed by atoms with Gasteiger partial charge in [0.25, 0.3) is 0 Å². The Labute approximate surface area is 103 Å². The molecule has 0 radical (unpaired) electrons. The molecule has 2 N–H and O–H groups in total. The van der Waals surface area contributed by atoms with Crippen molar-refractivity contribution < 1.29 is 9.47 Å². The molecule has 3 rings (SSSR count). The van der Waals surface area contributed by atoms with Crippen LogP contribution in [0.5, 0.6) is 0 Å². The lowest BCUT2D eigenvalue weighted by Gasteiger charge is -2.48. The highest BCUT2D eigenvalue weighted by Gasteiger charge is 2.46. The third-order valence-corrected chi connectivity index (χ3v) is 4.86. The summed E-state index contributed by atoms with van der Waals surface area (Å²) in [6.07, 6.45) is 6.95. The molecule has 2 aliphatic carbocycles. The molecule has 2 atom stereocenters. The summed E-state index contributed by atoms with van der Waals surface area (Å²) in [5, 5.41) is 0. The van der Waals surface area contributed by atoms with Crippen LogP contribution in [0.3, 0.4) is 0 Å². The molecule has 0 aromatic rings. The minimum atomic E-state index is -0.307. The van der Waals surface area contributed by atoms with Crippen LogP contribution in [0.2, 0.25) is 0 Å². The lowest BCUT2D eigenvalue weighted by atomic mass is 9.82. The van der Waals surface area contributed by atoms with E-state index >= 15 is 0 Å². The molecule has 4 nitrogen and oxygen atoms in total. The van der Waals surface area contributed by atoms with Crippen LogP contribution in [0.15, 0.2) is 0 Å². The van der Waals surface area contributed by atoms with Crippen molar-refractivity contribution in [3.63, 3.8) is 0 Å². The zero-order valence-electron chi connectivity index (χ0n) is 10.7. The van der Waals surface area contributed by atoms with Gasteiger partial charge in [0.1, 0.15) is 0 Å². The van der Waals surface area contributed by atoms with Gasteiger partial charge in [0, 0.05) is 31.0 Å². The molecule has 0 aromatic carbocycles. The molecular formula is C13H24N2O2. The lowest BCUT2D eigenvalue weighted by molar-refractivity contribution is -0.193. The molecule has 1 aliphatic heterocycles. The maximum atomic E-state index is 6.29. The molecule has 2 saturated carbocycles. The van der Waals surface area contributed by atoms with E-state index in [0.29, 0.717) is 6.04 Å². The number of ether oxygens (including phenoxy) is 2. The summed E-state index contributed by atoms with van der Waals surface area (Å²) in [5.74, 6) is -0.307. The Morgan fingerprint density at radius 1 is 1.18 bits per heavy atom. The predicted molar refractivity (Wildman–Crippen MR) is 65.7 cm³/mol.